The first kappa shape index (κ1) is 19.1. The van der Waals surface area contributed by atoms with E-state index in [1.807, 2.05) is 50.2 Å². The highest BCUT2D eigenvalue weighted by Gasteiger charge is 2.25. The summed E-state index contributed by atoms with van der Waals surface area (Å²) >= 11 is 0. The molecular formula is C20H21N5O3. The Morgan fingerprint density at radius 3 is 2.29 bits per heavy atom. The monoisotopic (exact) mass is 379 g/mol. The summed E-state index contributed by atoms with van der Waals surface area (Å²) in [5.41, 5.74) is 3.55. The van der Waals surface area contributed by atoms with Gasteiger partial charge in [0.2, 0.25) is 11.7 Å². The SMILES string of the molecule is CNC(=O)CN(/C(=N/O)c1ccc(C)cc1)c1nc(-c2ccc(C)cc2)no1. The lowest BCUT2D eigenvalue weighted by Gasteiger charge is -2.20. The normalized spacial score (nSPS) is 11.3. The number of amidine groups is 1. The molecule has 0 atom stereocenters. The predicted octanol–water partition coefficient (Wildman–Crippen LogP) is 2.74. The highest BCUT2D eigenvalue weighted by molar-refractivity contribution is 6.10. The summed E-state index contributed by atoms with van der Waals surface area (Å²) in [6, 6.07) is 15.0. The van der Waals surface area contributed by atoms with Crippen molar-refractivity contribution in [1.82, 2.24) is 15.5 Å². The molecule has 2 aromatic carbocycles. The van der Waals surface area contributed by atoms with E-state index in [4.69, 9.17) is 4.52 Å². The number of carbonyl (C=O) groups excluding carboxylic acids is 1. The number of oxime groups is 1. The van der Waals surface area contributed by atoms with Crippen molar-refractivity contribution in [3.05, 3.63) is 65.2 Å². The molecule has 0 radical (unpaired) electrons. The summed E-state index contributed by atoms with van der Waals surface area (Å²) in [5, 5.41) is 19.6. The Morgan fingerprint density at radius 1 is 1.11 bits per heavy atom. The molecule has 1 aromatic heterocycles. The summed E-state index contributed by atoms with van der Waals surface area (Å²) in [6.45, 7) is 3.79. The van der Waals surface area contributed by atoms with E-state index in [1.165, 1.54) is 11.9 Å². The van der Waals surface area contributed by atoms with Gasteiger partial charge in [0.1, 0.15) is 6.54 Å². The molecular weight excluding hydrogens is 358 g/mol. The molecule has 0 aliphatic carbocycles. The lowest BCUT2D eigenvalue weighted by Crippen LogP contribution is -2.40. The zero-order chi connectivity index (χ0) is 20.1. The predicted molar refractivity (Wildman–Crippen MR) is 105 cm³/mol. The Hall–Kier alpha value is -3.68. The third-order valence-corrected chi connectivity index (χ3v) is 4.20. The molecule has 0 aliphatic rings. The van der Waals surface area contributed by atoms with E-state index in [0.717, 1.165) is 16.7 Å². The molecule has 0 unspecified atom stereocenters. The Morgan fingerprint density at radius 2 is 1.71 bits per heavy atom. The minimum absolute atomic E-state index is 0.0487. The Bertz CT molecular complexity index is 978. The van der Waals surface area contributed by atoms with Gasteiger partial charge in [0.25, 0.3) is 0 Å². The highest BCUT2D eigenvalue weighted by atomic mass is 16.5. The molecule has 2 N–H and O–H groups in total. The van der Waals surface area contributed by atoms with E-state index in [-0.39, 0.29) is 24.3 Å². The summed E-state index contributed by atoms with van der Waals surface area (Å²) in [6.07, 6.45) is 0. The lowest BCUT2D eigenvalue weighted by atomic mass is 10.1. The number of likely N-dealkylation sites (N-methyl/N-ethyl adjacent to an activating group) is 1. The Kier molecular flexibility index (Phi) is 5.69. The van der Waals surface area contributed by atoms with Crippen molar-refractivity contribution in [2.24, 2.45) is 5.16 Å². The third-order valence-electron chi connectivity index (χ3n) is 4.20. The molecule has 8 heteroatoms. The molecule has 0 saturated carbocycles. The van der Waals surface area contributed by atoms with Crippen LogP contribution in [0.1, 0.15) is 16.7 Å². The average molecular weight is 379 g/mol. The lowest BCUT2D eigenvalue weighted by molar-refractivity contribution is -0.119. The van der Waals surface area contributed by atoms with Crippen LogP contribution in [0.3, 0.4) is 0 Å². The molecule has 1 heterocycles. The van der Waals surface area contributed by atoms with Gasteiger partial charge < -0.3 is 15.0 Å². The molecule has 8 nitrogen and oxygen atoms in total. The number of hydrogen-bond acceptors (Lipinski definition) is 6. The fourth-order valence-corrected chi connectivity index (χ4v) is 2.57. The van der Waals surface area contributed by atoms with Crippen molar-refractivity contribution in [3.63, 3.8) is 0 Å². The van der Waals surface area contributed by atoms with Crippen molar-refractivity contribution in [2.45, 2.75) is 13.8 Å². The van der Waals surface area contributed by atoms with E-state index < -0.39 is 0 Å². The van der Waals surface area contributed by atoms with Crippen molar-refractivity contribution >= 4 is 17.8 Å². The van der Waals surface area contributed by atoms with E-state index >= 15 is 0 Å². The van der Waals surface area contributed by atoms with Gasteiger partial charge in [-0.25, -0.2) is 0 Å². The van der Waals surface area contributed by atoms with Crippen molar-refractivity contribution in [1.29, 1.82) is 0 Å². The first-order chi connectivity index (χ1) is 13.5. The number of aromatic nitrogens is 2. The number of aryl methyl sites for hydroxylation is 2. The highest BCUT2D eigenvalue weighted by Crippen LogP contribution is 2.22. The number of carbonyl (C=O) groups is 1. The van der Waals surface area contributed by atoms with E-state index in [1.54, 1.807) is 12.1 Å². The molecule has 0 spiro atoms. The van der Waals surface area contributed by atoms with Crippen LogP contribution in [0.15, 0.2) is 58.2 Å². The van der Waals surface area contributed by atoms with Crippen LogP contribution in [0.25, 0.3) is 11.4 Å². The number of rotatable bonds is 5. The van der Waals surface area contributed by atoms with Crippen LogP contribution >= 0.6 is 0 Å². The quantitative estimate of drug-likeness (QED) is 0.306. The van der Waals surface area contributed by atoms with E-state index in [2.05, 4.69) is 20.6 Å². The summed E-state index contributed by atoms with van der Waals surface area (Å²) in [7, 11) is 1.52. The van der Waals surface area contributed by atoms with Gasteiger partial charge >= 0.3 is 6.01 Å². The number of nitrogens with zero attached hydrogens (tertiary/aromatic N) is 4. The zero-order valence-corrected chi connectivity index (χ0v) is 15.9. The van der Waals surface area contributed by atoms with Crippen LogP contribution in [0.5, 0.6) is 0 Å². The minimum Gasteiger partial charge on any atom is -0.409 e. The third kappa shape index (κ3) is 4.17. The molecule has 3 aromatic rings. The van der Waals surface area contributed by atoms with Gasteiger partial charge in [-0.05, 0) is 13.8 Å². The number of nitrogens with one attached hydrogen (secondary N) is 1. The van der Waals surface area contributed by atoms with E-state index in [0.29, 0.717) is 11.4 Å². The molecule has 0 fully saturated rings. The summed E-state index contributed by atoms with van der Waals surface area (Å²) < 4.78 is 5.38. The number of hydrogen-bond donors (Lipinski definition) is 2. The van der Waals surface area contributed by atoms with Gasteiger partial charge in [0, 0.05) is 18.2 Å². The smallest absolute Gasteiger partial charge is 0.330 e. The second-order valence-corrected chi connectivity index (χ2v) is 6.32. The van der Waals surface area contributed by atoms with Crippen LogP contribution in [0, 0.1) is 13.8 Å². The van der Waals surface area contributed by atoms with Crippen LogP contribution < -0.4 is 10.2 Å². The van der Waals surface area contributed by atoms with Crippen molar-refractivity contribution in [3.8, 4) is 11.4 Å². The summed E-state index contributed by atoms with van der Waals surface area (Å²) in [4.78, 5) is 17.8. The molecule has 3 rings (SSSR count). The van der Waals surface area contributed by atoms with Crippen LogP contribution in [-0.2, 0) is 4.79 Å². The second-order valence-electron chi connectivity index (χ2n) is 6.32. The van der Waals surface area contributed by atoms with Crippen LogP contribution in [-0.4, -0.2) is 40.7 Å². The Balaban J connectivity index is 1.99. The van der Waals surface area contributed by atoms with E-state index in [9.17, 15) is 10.0 Å². The number of benzene rings is 2. The van der Waals surface area contributed by atoms with Gasteiger partial charge in [-0.15, -0.1) is 0 Å². The maximum absolute atomic E-state index is 12.0. The molecule has 0 bridgehead atoms. The second kappa shape index (κ2) is 8.34. The first-order valence-corrected chi connectivity index (χ1v) is 8.69. The maximum Gasteiger partial charge on any atom is 0.330 e. The van der Waals surface area contributed by atoms with Crippen molar-refractivity contribution < 1.29 is 14.5 Å². The van der Waals surface area contributed by atoms with Crippen LogP contribution in [0.2, 0.25) is 0 Å². The number of anilines is 1. The molecule has 144 valence electrons. The fraction of sp³-hybridized carbons (Fsp3) is 0.200. The average Bonchev–Trinajstić information content (AvgIpc) is 3.19. The number of amides is 1. The van der Waals surface area contributed by atoms with Crippen molar-refractivity contribution in [2.75, 3.05) is 18.5 Å². The molecule has 1 amide bonds. The zero-order valence-electron chi connectivity index (χ0n) is 15.9. The fourth-order valence-electron chi connectivity index (χ4n) is 2.57. The van der Waals surface area contributed by atoms with Gasteiger partial charge in [-0.2, -0.15) is 4.98 Å². The molecule has 0 aliphatic heterocycles. The summed E-state index contributed by atoms with van der Waals surface area (Å²) in [5.74, 6) is 0.198. The van der Waals surface area contributed by atoms with Gasteiger partial charge in [-0.1, -0.05) is 70.0 Å². The molecule has 28 heavy (non-hydrogen) atoms. The first-order valence-electron chi connectivity index (χ1n) is 8.69. The van der Waals surface area contributed by atoms with Crippen LogP contribution in [0.4, 0.5) is 6.01 Å². The van der Waals surface area contributed by atoms with Gasteiger partial charge in [0.15, 0.2) is 5.84 Å². The van der Waals surface area contributed by atoms with Gasteiger partial charge in [0.05, 0.1) is 0 Å². The standard InChI is InChI=1S/C20H21N5O3/c1-13-4-8-15(9-5-13)18-22-20(28-24-18)25(12-17(26)21-3)19(23-27)16-10-6-14(2)7-11-16/h4-11,27H,12H2,1-3H3,(H,21,26)/b23-19+. The Labute approximate surface area is 162 Å². The maximum atomic E-state index is 12.0. The van der Waals surface area contributed by atoms with Gasteiger partial charge in [-0.3, -0.25) is 9.69 Å². The minimum atomic E-state index is -0.302. The topological polar surface area (TPSA) is 104 Å². The molecule has 0 saturated heterocycles. The largest absolute Gasteiger partial charge is 0.409 e.